The van der Waals surface area contributed by atoms with Gasteiger partial charge in [0.05, 0.1) is 55.9 Å². The Morgan fingerprint density at radius 2 is 0.685 bits per heavy atom. The quantitative estimate of drug-likeness (QED) is 0.136. The summed E-state index contributed by atoms with van der Waals surface area (Å²) in [5, 5.41) is 6.36. The lowest BCUT2D eigenvalue weighted by atomic mass is 9.99. The first-order valence-electron chi connectivity index (χ1n) is 18.1. The molecule has 0 spiro atoms. The number of rotatable bonds is 4. The van der Waals surface area contributed by atoms with E-state index in [9.17, 15) is 0 Å². The zero-order valence-electron chi connectivity index (χ0n) is 29.0. The SMILES string of the molecule is c1ccc(-c2ccc3ccc4ccc(-c5ccc(-c6nc7ccccc7c7cc8ccc9ccc(-c%10ccccc%10)nc9c8nc67)cc5)nc4c3n2)cc1. The molecule has 5 heterocycles. The Balaban J connectivity index is 1.06. The molecule has 0 aliphatic rings. The zero-order valence-corrected chi connectivity index (χ0v) is 29.0. The summed E-state index contributed by atoms with van der Waals surface area (Å²) in [6.45, 7) is 0. The lowest BCUT2D eigenvalue weighted by Gasteiger charge is -2.13. The third-order valence-electron chi connectivity index (χ3n) is 10.4. The number of hydrogen-bond donors (Lipinski definition) is 0. The largest absolute Gasteiger partial charge is 0.245 e. The molecule has 0 aliphatic carbocycles. The molecule has 0 aliphatic heterocycles. The highest BCUT2D eigenvalue weighted by molar-refractivity contribution is 6.15. The number of fused-ring (bicyclic) bond motifs is 9. The summed E-state index contributed by atoms with van der Waals surface area (Å²) < 4.78 is 0. The molecule has 11 aromatic rings. The van der Waals surface area contributed by atoms with Gasteiger partial charge >= 0.3 is 0 Å². The molecule has 0 radical (unpaired) electrons. The Labute approximate surface area is 310 Å². The summed E-state index contributed by atoms with van der Waals surface area (Å²) >= 11 is 0. The summed E-state index contributed by atoms with van der Waals surface area (Å²) in [6, 6.07) is 60.8. The molecule has 0 N–H and O–H groups in total. The van der Waals surface area contributed by atoms with Crippen LogP contribution in [0.15, 0.2) is 176 Å². The zero-order chi connectivity index (χ0) is 35.6. The maximum atomic E-state index is 5.40. The van der Waals surface area contributed by atoms with Crippen molar-refractivity contribution in [3.05, 3.63) is 176 Å². The van der Waals surface area contributed by atoms with Crippen LogP contribution in [0.4, 0.5) is 0 Å². The normalized spacial score (nSPS) is 11.7. The van der Waals surface area contributed by atoms with Crippen molar-refractivity contribution in [1.29, 1.82) is 0 Å². The minimum Gasteiger partial charge on any atom is -0.245 e. The molecule has 5 aromatic heterocycles. The van der Waals surface area contributed by atoms with Crippen LogP contribution in [0, 0.1) is 0 Å². The maximum Gasteiger partial charge on any atom is 0.0980 e. The third kappa shape index (κ3) is 4.98. The van der Waals surface area contributed by atoms with Gasteiger partial charge in [-0.05, 0) is 30.3 Å². The first-order valence-corrected chi connectivity index (χ1v) is 18.1. The molecule has 0 unspecified atom stereocenters. The molecule has 6 aromatic carbocycles. The average molecular weight is 688 g/mol. The molecular weight excluding hydrogens is 659 g/mol. The molecular formula is C49H29N5. The Bertz CT molecular complexity index is 3250. The summed E-state index contributed by atoms with van der Waals surface area (Å²) in [6.07, 6.45) is 0. The molecule has 0 fully saturated rings. The molecule has 250 valence electrons. The number of nitrogens with zero attached hydrogens (tertiary/aromatic N) is 5. The van der Waals surface area contributed by atoms with Crippen molar-refractivity contribution in [2.45, 2.75) is 0 Å². The number of hydrogen-bond acceptors (Lipinski definition) is 5. The van der Waals surface area contributed by atoms with Gasteiger partial charge in [-0.3, -0.25) is 0 Å². The van der Waals surface area contributed by atoms with E-state index in [1.807, 2.05) is 42.5 Å². The molecule has 54 heavy (non-hydrogen) atoms. The fraction of sp³-hybridized carbons (Fsp3) is 0. The van der Waals surface area contributed by atoms with Crippen LogP contribution in [0.2, 0.25) is 0 Å². The molecule has 5 nitrogen and oxygen atoms in total. The van der Waals surface area contributed by atoms with E-state index in [1.165, 1.54) is 0 Å². The number of aromatic nitrogens is 5. The predicted octanol–water partition coefficient (Wildman–Crippen LogP) is 12.2. The highest BCUT2D eigenvalue weighted by Gasteiger charge is 2.16. The van der Waals surface area contributed by atoms with Crippen molar-refractivity contribution in [1.82, 2.24) is 24.9 Å². The molecule has 0 saturated heterocycles. The number of benzene rings is 6. The summed E-state index contributed by atoms with van der Waals surface area (Å²) in [5.74, 6) is 0. The minimum atomic E-state index is 0.837. The second-order valence-corrected chi connectivity index (χ2v) is 13.7. The van der Waals surface area contributed by atoms with Crippen LogP contribution in [0.5, 0.6) is 0 Å². The maximum absolute atomic E-state index is 5.40. The van der Waals surface area contributed by atoms with Gasteiger partial charge in [0.2, 0.25) is 0 Å². The monoisotopic (exact) mass is 687 g/mol. The highest BCUT2D eigenvalue weighted by atomic mass is 14.8. The fourth-order valence-electron chi connectivity index (χ4n) is 7.65. The van der Waals surface area contributed by atoms with Crippen LogP contribution in [0.3, 0.4) is 0 Å². The predicted molar refractivity (Wildman–Crippen MR) is 222 cm³/mol. The second-order valence-electron chi connectivity index (χ2n) is 13.7. The smallest absolute Gasteiger partial charge is 0.0980 e. The van der Waals surface area contributed by atoms with E-state index in [0.29, 0.717) is 0 Å². The molecule has 5 heteroatoms. The van der Waals surface area contributed by atoms with Crippen molar-refractivity contribution in [2.75, 3.05) is 0 Å². The Kier molecular flexibility index (Phi) is 6.79. The summed E-state index contributed by atoms with van der Waals surface area (Å²) in [4.78, 5) is 26.1. The Morgan fingerprint density at radius 1 is 0.259 bits per heavy atom. The number of para-hydroxylation sites is 1. The Hall–Kier alpha value is -7.37. The molecule has 0 saturated carbocycles. The topological polar surface area (TPSA) is 64.5 Å². The van der Waals surface area contributed by atoms with E-state index in [4.69, 9.17) is 24.9 Å². The van der Waals surface area contributed by atoms with Crippen LogP contribution in [-0.2, 0) is 0 Å². The lowest BCUT2D eigenvalue weighted by Crippen LogP contribution is -1.95. The molecule has 11 rings (SSSR count). The van der Waals surface area contributed by atoms with E-state index >= 15 is 0 Å². The Morgan fingerprint density at radius 3 is 1.24 bits per heavy atom. The standard InChI is InChI=1S/C49H29N5/c1-3-9-30(10-4-1)40-26-23-34-19-20-35-25-28-42(52-45(35)44(34)50-40)32-15-17-33(18-16-32)47-49-39(38-13-7-8-14-43(38)53-47)29-37-22-21-36-24-27-41(31-11-5-2-6-12-31)51-46(36)48(37)54-49/h1-29H. The van der Waals surface area contributed by atoms with Crippen LogP contribution in [-0.4, -0.2) is 24.9 Å². The van der Waals surface area contributed by atoms with Gasteiger partial charge in [0, 0.05) is 54.6 Å². The molecule has 0 bridgehead atoms. The van der Waals surface area contributed by atoms with Crippen LogP contribution in [0.1, 0.15) is 0 Å². The fourth-order valence-corrected chi connectivity index (χ4v) is 7.65. The van der Waals surface area contributed by atoms with E-state index in [-0.39, 0.29) is 0 Å². The second kappa shape index (κ2) is 12.1. The average Bonchev–Trinajstić information content (AvgIpc) is 3.25. The molecule has 0 atom stereocenters. The van der Waals surface area contributed by atoms with E-state index in [1.54, 1.807) is 0 Å². The first-order chi connectivity index (χ1) is 26.7. The summed E-state index contributed by atoms with van der Waals surface area (Å²) in [7, 11) is 0. The van der Waals surface area contributed by atoms with E-state index in [2.05, 4.69) is 133 Å². The van der Waals surface area contributed by atoms with Crippen molar-refractivity contribution < 1.29 is 0 Å². The van der Waals surface area contributed by atoms with Crippen LogP contribution >= 0.6 is 0 Å². The minimum absolute atomic E-state index is 0.837. The lowest BCUT2D eigenvalue weighted by molar-refractivity contribution is 1.36. The van der Waals surface area contributed by atoms with Gasteiger partial charge < -0.3 is 0 Å². The first kappa shape index (κ1) is 30.3. The van der Waals surface area contributed by atoms with Gasteiger partial charge in [-0.15, -0.1) is 0 Å². The van der Waals surface area contributed by atoms with Gasteiger partial charge in [0.1, 0.15) is 0 Å². The van der Waals surface area contributed by atoms with Gasteiger partial charge in [-0.2, -0.15) is 0 Å². The van der Waals surface area contributed by atoms with Gasteiger partial charge in [-0.1, -0.05) is 146 Å². The van der Waals surface area contributed by atoms with Crippen molar-refractivity contribution in [2.24, 2.45) is 0 Å². The van der Waals surface area contributed by atoms with Crippen LogP contribution in [0.25, 0.3) is 110 Å². The van der Waals surface area contributed by atoms with Crippen molar-refractivity contribution in [3.8, 4) is 45.0 Å². The summed E-state index contributed by atoms with van der Waals surface area (Å²) in [5.41, 5.74) is 13.1. The van der Waals surface area contributed by atoms with Crippen molar-refractivity contribution in [3.63, 3.8) is 0 Å². The van der Waals surface area contributed by atoms with Gasteiger partial charge in [0.15, 0.2) is 0 Å². The third-order valence-corrected chi connectivity index (χ3v) is 10.4. The van der Waals surface area contributed by atoms with E-state index in [0.717, 1.165) is 110 Å². The molecule has 0 amide bonds. The van der Waals surface area contributed by atoms with Gasteiger partial charge in [-0.25, -0.2) is 24.9 Å². The van der Waals surface area contributed by atoms with E-state index < -0.39 is 0 Å². The van der Waals surface area contributed by atoms with Gasteiger partial charge in [0.25, 0.3) is 0 Å². The number of pyridine rings is 5. The highest BCUT2D eigenvalue weighted by Crippen LogP contribution is 2.36. The van der Waals surface area contributed by atoms with Crippen molar-refractivity contribution >= 4 is 65.4 Å². The van der Waals surface area contributed by atoms with Crippen LogP contribution < -0.4 is 0 Å².